The lowest BCUT2D eigenvalue weighted by Gasteiger charge is -2.01. The minimum absolute atomic E-state index is 0.0454. The van der Waals surface area contributed by atoms with Gasteiger partial charge in [0.2, 0.25) is 0 Å². The van der Waals surface area contributed by atoms with Crippen molar-refractivity contribution in [1.29, 1.82) is 0 Å². The highest BCUT2D eigenvalue weighted by Crippen LogP contribution is 2.09. The number of hydrogen-bond acceptors (Lipinski definition) is 4. The van der Waals surface area contributed by atoms with Crippen molar-refractivity contribution in [3.8, 4) is 0 Å². The fourth-order valence-corrected chi connectivity index (χ4v) is 1.22. The van der Waals surface area contributed by atoms with Gasteiger partial charge < -0.3 is 0 Å². The number of unbranched alkanes of at least 4 members (excludes halogenated alkanes) is 4. The maximum Gasteiger partial charge on any atom is 0.450 e. The molecule has 0 aliphatic heterocycles. The molecule has 14 heavy (non-hydrogen) atoms. The van der Waals surface area contributed by atoms with Crippen LogP contribution in [0.5, 0.6) is 0 Å². The van der Waals surface area contributed by atoms with Crippen LogP contribution in [0.1, 0.15) is 45.4 Å². The second-order valence-corrected chi connectivity index (χ2v) is 3.25. The first-order valence-corrected chi connectivity index (χ1v) is 4.86. The van der Waals surface area contributed by atoms with E-state index in [0.29, 0.717) is 6.42 Å². The molecule has 0 unspecified atom stereocenters. The summed E-state index contributed by atoms with van der Waals surface area (Å²) in [5, 5.41) is 20.4. The van der Waals surface area contributed by atoms with Crippen LogP contribution in [-0.4, -0.2) is 16.0 Å². The maximum absolute atomic E-state index is 10.2. The van der Waals surface area contributed by atoms with Crippen LogP contribution >= 0.6 is 0 Å². The molecule has 0 spiro atoms. The van der Waals surface area contributed by atoms with Gasteiger partial charge in [0, 0.05) is 0 Å². The zero-order valence-corrected chi connectivity index (χ0v) is 8.35. The third kappa shape index (κ3) is 5.45. The fourth-order valence-electron chi connectivity index (χ4n) is 1.22. The molecule has 0 saturated heterocycles. The van der Waals surface area contributed by atoms with Crippen LogP contribution in [0.15, 0.2) is 0 Å². The minimum atomic E-state index is -1.61. The lowest BCUT2D eigenvalue weighted by Crippen LogP contribution is -2.28. The van der Waals surface area contributed by atoms with E-state index >= 15 is 0 Å². The smallest absolute Gasteiger partial charge is 0.259 e. The molecule has 82 valence electrons. The molecule has 0 aliphatic rings. The van der Waals surface area contributed by atoms with E-state index in [1.165, 1.54) is 0 Å². The van der Waals surface area contributed by atoms with Crippen LogP contribution in [0.4, 0.5) is 0 Å². The highest BCUT2D eigenvalue weighted by molar-refractivity contribution is 4.46. The van der Waals surface area contributed by atoms with Gasteiger partial charge in [0.25, 0.3) is 0 Å². The zero-order chi connectivity index (χ0) is 11.0. The molecule has 0 fully saturated rings. The fraction of sp³-hybridized carbons (Fsp3) is 1.00. The third-order valence-corrected chi connectivity index (χ3v) is 2.05. The summed E-state index contributed by atoms with van der Waals surface area (Å²) in [7, 11) is 0. The van der Waals surface area contributed by atoms with E-state index in [9.17, 15) is 20.2 Å². The van der Waals surface area contributed by atoms with Gasteiger partial charge in [0.05, 0.1) is 16.3 Å². The van der Waals surface area contributed by atoms with E-state index in [4.69, 9.17) is 0 Å². The van der Waals surface area contributed by atoms with E-state index in [2.05, 4.69) is 6.92 Å². The summed E-state index contributed by atoms with van der Waals surface area (Å²) in [6.45, 7) is 2.07. The van der Waals surface area contributed by atoms with Gasteiger partial charge >= 0.3 is 6.17 Å². The second kappa shape index (κ2) is 7.23. The lowest BCUT2D eigenvalue weighted by molar-refractivity contribution is -0.743. The molecule has 0 radical (unpaired) electrons. The zero-order valence-electron chi connectivity index (χ0n) is 8.35. The van der Waals surface area contributed by atoms with Crippen LogP contribution < -0.4 is 0 Å². The largest absolute Gasteiger partial charge is 0.450 e. The monoisotopic (exact) mass is 204 g/mol. The minimum Gasteiger partial charge on any atom is -0.259 e. The van der Waals surface area contributed by atoms with Gasteiger partial charge in [0.1, 0.15) is 0 Å². The van der Waals surface area contributed by atoms with Crippen LogP contribution in [0, 0.1) is 20.2 Å². The van der Waals surface area contributed by atoms with Crippen molar-refractivity contribution in [1.82, 2.24) is 0 Å². The molecule has 0 amide bonds. The Morgan fingerprint density at radius 1 is 1.00 bits per heavy atom. The van der Waals surface area contributed by atoms with Gasteiger partial charge in [-0.3, -0.25) is 20.2 Å². The number of nitrogens with zero attached hydrogens (tertiary/aromatic N) is 2. The molecular formula is C8H16N2O4. The number of rotatable bonds is 8. The standard InChI is InChI=1S/C8H16N2O4/c1-2-3-4-5-6-7-8(9(11)12)10(13)14/h8H,2-7H2,1H3. The topological polar surface area (TPSA) is 86.3 Å². The van der Waals surface area contributed by atoms with E-state index < -0.39 is 16.0 Å². The van der Waals surface area contributed by atoms with E-state index in [-0.39, 0.29) is 6.42 Å². The number of nitro groups is 2. The van der Waals surface area contributed by atoms with Crippen LogP contribution in [-0.2, 0) is 0 Å². The van der Waals surface area contributed by atoms with Gasteiger partial charge in [0.15, 0.2) is 0 Å². The molecule has 0 heterocycles. The summed E-state index contributed by atoms with van der Waals surface area (Å²) in [6, 6.07) is 0. The Kier molecular flexibility index (Phi) is 6.61. The summed E-state index contributed by atoms with van der Waals surface area (Å²) >= 11 is 0. The molecule has 0 aromatic heterocycles. The summed E-state index contributed by atoms with van der Waals surface area (Å²) in [5.74, 6) is 0. The van der Waals surface area contributed by atoms with Crippen molar-refractivity contribution in [3.05, 3.63) is 20.2 Å². The van der Waals surface area contributed by atoms with Crippen molar-refractivity contribution in [2.24, 2.45) is 0 Å². The Morgan fingerprint density at radius 3 is 1.93 bits per heavy atom. The van der Waals surface area contributed by atoms with E-state index in [1.807, 2.05) is 0 Å². The quantitative estimate of drug-likeness (QED) is 0.262. The molecule has 0 aliphatic carbocycles. The Morgan fingerprint density at radius 2 is 1.50 bits per heavy atom. The summed E-state index contributed by atoms with van der Waals surface area (Å²) in [6.07, 6.45) is 3.01. The molecule has 0 aromatic carbocycles. The molecule has 0 bridgehead atoms. The van der Waals surface area contributed by atoms with Crippen LogP contribution in [0.2, 0.25) is 0 Å². The molecule has 0 atom stereocenters. The van der Waals surface area contributed by atoms with Crippen molar-refractivity contribution < 1.29 is 9.85 Å². The summed E-state index contributed by atoms with van der Waals surface area (Å²) in [5.41, 5.74) is 0. The molecule has 0 aromatic rings. The first kappa shape index (κ1) is 12.8. The predicted octanol–water partition coefficient (Wildman–Crippen LogP) is 2.23. The summed E-state index contributed by atoms with van der Waals surface area (Å²) in [4.78, 5) is 18.8. The third-order valence-electron chi connectivity index (χ3n) is 2.05. The Hall–Kier alpha value is -1.20. The van der Waals surface area contributed by atoms with Gasteiger partial charge in [-0.2, -0.15) is 0 Å². The molecule has 0 rings (SSSR count). The average molecular weight is 204 g/mol. The van der Waals surface area contributed by atoms with Gasteiger partial charge in [-0.15, -0.1) is 0 Å². The normalized spacial score (nSPS) is 10.4. The first-order valence-electron chi connectivity index (χ1n) is 4.86. The van der Waals surface area contributed by atoms with Crippen LogP contribution in [0.25, 0.3) is 0 Å². The second-order valence-electron chi connectivity index (χ2n) is 3.25. The molecule has 0 saturated carbocycles. The Bertz CT molecular complexity index is 182. The molecule has 0 N–H and O–H groups in total. The van der Waals surface area contributed by atoms with Gasteiger partial charge in [-0.05, 0) is 6.42 Å². The van der Waals surface area contributed by atoms with Gasteiger partial charge in [-0.25, -0.2) is 0 Å². The SMILES string of the molecule is CCCCCCCC([N+](=O)[O-])[N+](=O)[O-]. The maximum atomic E-state index is 10.2. The Balaban J connectivity index is 3.62. The van der Waals surface area contributed by atoms with Gasteiger partial charge in [-0.1, -0.05) is 32.6 Å². The number of hydrogen-bond donors (Lipinski definition) is 0. The van der Waals surface area contributed by atoms with Crippen molar-refractivity contribution >= 4 is 0 Å². The van der Waals surface area contributed by atoms with Crippen molar-refractivity contribution in [3.63, 3.8) is 0 Å². The van der Waals surface area contributed by atoms with Crippen LogP contribution in [0.3, 0.4) is 0 Å². The predicted molar refractivity (Wildman–Crippen MR) is 51.2 cm³/mol. The highest BCUT2D eigenvalue weighted by atomic mass is 16.7. The van der Waals surface area contributed by atoms with E-state index in [0.717, 1.165) is 25.7 Å². The first-order chi connectivity index (χ1) is 6.59. The summed E-state index contributed by atoms with van der Waals surface area (Å²) < 4.78 is 0. The highest BCUT2D eigenvalue weighted by Gasteiger charge is 2.30. The lowest BCUT2D eigenvalue weighted by atomic mass is 10.1. The van der Waals surface area contributed by atoms with Crippen molar-refractivity contribution in [2.75, 3.05) is 0 Å². The van der Waals surface area contributed by atoms with E-state index in [1.54, 1.807) is 0 Å². The molecule has 6 nitrogen and oxygen atoms in total. The average Bonchev–Trinajstić information content (AvgIpc) is 2.09. The molecular weight excluding hydrogens is 188 g/mol. The Labute approximate surface area is 82.6 Å². The molecule has 6 heteroatoms. The van der Waals surface area contributed by atoms with Crippen molar-refractivity contribution in [2.45, 2.75) is 51.6 Å².